The zero-order chi connectivity index (χ0) is 18.4. The van der Waals surface area contributed by atoms with Gasteiger partial charge in [-0.25, -0.2) is 0 Å². The maximum Gasteiger partial charge on any atom is 0.266 e. The van der Waals surface area contributed by atoms with Crippen molar-refractivity contribution in [3.63, 3.8) is 0 Å². The molecular formula is C22H18N2O2. The molecule has 0 saturated heterocycles. The summed E-state index contributed by atoms with van der Waals surface area (Å²) in [7, 11) is 0. The second-order valence-corrected chi connectivity index (χ2v) is 5.62. The molecule has 26 heavy (non-hydrogen) atoms. The average molecular weight is 342 g/mol. The summed E-state index contributed by atoms with van der Waals surface area (Å²) in [6.07, 6.45) is 1.55. The van der Waals surface area contributed by atoms with Crippen molar-refractivity contribution in [1.82, 2.24) is 0 Å². The van der Waals surface area contributed by atoms with Gasteiger partial charge in [-0.2, -0.15) is 5.26 Å². The van der Waals surface area contributed by atoms with Gasteiger partial charge >= 0.3 is 0 Å². The molecule has 0 atom stereocenters. The van der Waals surface area contributed by atoms with Crippen LogP contribution < -0.4 is 10.1 Å². The van der Waals surface area contributed by atoms with E-state index >= 15 is 0 Å². The van der Waals surface area contributed by atoms with Crippen LogP contribution in [0, 0.1) is 11.3 Å². The lowest BCUT2D eigenvalue weighted by Gasteiger charge is -2.09. The Hall–Kier alpha value is -3.58. The number of anilines is 1. The lowest BCUT2D eigenvalue weighted by atomic mass is 10.1. The second kappa shape index (κ2) is 8.00. The van der Waals surface area contributed by atoms with Gasteiger partial charge in [0.05, 0.1) is 6.61 Å². The van der Waals surface area contributed by atoms with Gasteiger partial charge < -0.3 is 10.1 Å². The number of nitrogens with zero attached hydrogens (tertiary/aromatic N) is 1. The fraction of sp³-hybridized carbons (Fsp3) is 0.0909. The number of benzene rings is 3. The fourth-order valence-corrected chi connectivity index (χ4v) is 2.71. The van der Waals surface area contributed by atoms with Crippen LogP contribution in [0.3, 0.4) is 0 Å². The molecule has 3 aromatic rings. The van der Waals surface area contributed by atoms with Crippen molar-refractivity contribution in [3.8, 4) is 11.8 Å². The summed E-state index contributed by atoms with van der Waals surface area (Å²) in [6.45, 7) is 2.40. The monoisotopic (exact) mass is 342 g/mol. The van der Waals surface area contributed by atoms with Gasteiger partial charge in [-0.1, -0.05) is 54.6 Å². The third kappa shape index (κ3) is 3.73. The van der Waals surface area contributed by atoms with E-state index in [2.05, 4.69) is 5.32 Å². The van der Waals surface area contributed by atoms with Crippen molar-refractivity contribution in [1.29, 1.82) is 5.26 Å². The molecule has 0 aromatic heterocycles. The topological polar surface area (TPSA) is 62.1 Å². The number of amides is 1. The van der Waals surface area contributed by atoms with Gasteiger partial charge in [0.1, 0.15) is 17.4 Å². The number of carbonyl (C=O) groups is 1. The summed E-state index contributed by atoms with van der Waals surface area (Å²) in [5, 5.41) is 14.2. The first-order valence-corrected chi connectivity index (χ1v) is 8.35. The number of ether oxygens (including phenoxy) is 1. The lowest BCUT2D eigenvalue weighted by molar-refractivity contribution is -0.112. The maximum atomic E-state index is 12.6. The number of para-hydroxylation sites is 1. The Bertz CT molecular complexity index is 1010. The molecule has 4 nitrogen and oxygen atoms in total. The van der Waals surface area contributed by atoms with Gasteiger partial charge in [-0.05, 0) is 30.5 Å². The molecule has 0 fully saturated rings. The van der Waals surface area contributed by atoms with E-state index in [0.29, 0.717) is 23.6 Å². The summed E-state index contributed by atoms with van der Waals surface area (Å²) in [5.41, 5.74) is 1.39. The van der Waals surface area contributed by atoms with Crippen LogP contribution in [0.4, 0.5) is 5.69 Å². The Morgan fingerprint density at radius 1 is 1.08 bits per heavy atom. The highest BCUT2D eigenvalue weighted by Gasteiger charge is 2.12. The van der Waals surface area contributed by atoms with Crippen molar-refractivity contribution in [2.24, 2.45) is 0 Å². The van der Waals surface area contributed by atoms with Gasteiger partial charge in [0.15, 0.2) is 0 Å². The minimum Gasteiger partial charge on any atom is -0.493 e. The summed E-state index contributed by atoms with van der Waals surface area (Å²) >= 11 is 0. The van der Waals surface area contributed by atoms with Crippen LogP contribution in [0.25, 0.3) is 16.8 Å². The smallest absolute Gasteiger partial charge is 0.266 e. The van der Waals surface area contributed by atoms with E-state index in [1.165, 1.54) is 0 Å². The normalized spacial score (nSPS) is 11.0. The van der Waals surface area contributed by atoms with E-state index in [1.54, 1.807) is 6.08 Å². The Morgan fingerprint density at radius 2 is 1.81 bits per heavy atom. The van der Waals surface area contributed by atoms with Crippen LogP contribution in [0.2, 0.25) is 0 Å². The number of fused-ring (bicyclic) bond motifs is 1. The predicted molar refractivity (Wildman–Crippen MR) is 104 cm³/mol. The number of rotatable bonds is 5. The van der Waals surface area contributed by atoms with E-state index in [0.717, 1.165) is 10.8 Å². The van der Waals surface area contributed by atoms with Gasteiger partial charge in [0.2, 0.25) is 0 Å². The molecule has 0 saturated carbocycles. The van der Waals surface area contributed by atoms with Crippen molar-refractivity contribution in [2.45, 2.75) is 6.92 Å². The van der Waals surface area contributed by atoms with Crippen LogP contribution in [-0.2, 0) is 4.79 Å². The number of nitrogens with one attached hydrogen (secondary N) is 1. The summed E-state index contributed by atoms with van der Waals surface area (Å²) in [5.74, 6) is 0.191. The number of nitriles is 1. The van der Waals surface area contributed by atoms with Crippen molar-refractivity contribution in [2.75, 3.05) is 11.9 Å². The van der Waals surface area contributed by atoms with E-state index in [9.17, 15) is 10.1 Å². The van der Waals surface area contributed by atoms with Crippen LogP contribution in [0.5, 0.6) is 5.75 Å². The highest BCUT2D eigenvalue weighted by atomic mass is 16.5. The molecule has 0 bridgehead atoms. The maximum absolute atomic E-state index is 12.6. The largest absolute Gasteiger partial charge is 0.493 e. The van der Waals surface area contributed by atoms with Gasteiger partial charge in [-0.3, -0.25) is 4.79 Å². The number of carbonyl (C=O) groups excluding carboxylic acids is 1. The molecule has 1 amide bonds. The zero-order valence-corrected chi connectivity index (χ0v) is 14.4. The van der Waals surface area contributed by atoms with Crippen molar-refractivity contribution >= 4 is 28.4 Å². The highest BCUT2D eigenvalue weighted by molar-refractivity contribution is 6.13. The van der Waals surface area contributed by atoms with Crippen LogP contribution in [0.15, 0.2) is 72.3 Å². The lowest BCUT2D eigenvalue weighted by Crippen LogP contribution is -2.13. The molecule has 0 aliphatic heterocycles. The first-order chi connectivity index (χ1) is 12.7. The van der Waals surface area contributed by atoms with Gasteiger partial charge in [0, 0.05) is 16.6 Å². The quantitative estimate of drug-likeness (QED) is 0.536. The van der Waals surface area contributed by atoms with Crippen molar-refractivity contribution in [3.05, 3.63) is 77.9 Å². The number of hydrogen-bond acceptors (Lipinski definition) is 3. The summed E-state index contributed by atoms with van der Waals surface area (Å²) in [4.78, 5) is 12.6. The summed E-state index contributed by atoms with van der Waals surface area (Å²) in [6, 6.07) is 22.7. The van der Waals surface area contributed by atoms with E-state index in [-0.39, 0.29) is 5.57 Å². The van der Waals surface area contributed by atoms with Crippen molar-refractivity contribution < 1.29 is 9.53 Å². The average Bonchev–Trinajstić information content (AvgIpc) is 2.67. The molecule has 0 heterocycles. The molecule has 1 N–H and O–H groups in total. The molecule has 0 aliphatic rings. The Kier molecular flexibility index (Phi) is 5.31. The Labute approximate surface area is 152 Å². The first kappa shape index (κ1) is 17.2. The van der Waals surface area contributed by atoms with Crippen LogP contribution in [-0.4, -0.2) is 12.5 Å². The zero-order valence-electron chi connectivity index (χ0n) is 14.4. The van der Waals surface area contributed by atoms with Crippen LogP contribution in [0.1, 0.15) is 12.5 Å². The molecule has 4 heteroatoms. The van der Waals surface area contributed by atoms with Crippen LogP contribution >= 0.6 is 0 Å². The molecule has 0 aliphatic carbocycles. The first-order valence-electron chi connectivity index (χ1n) is 8.35. The van der Waals surface area contributed by atoms with E-state index in [1.807, 2.05) is 79.7 Å². The molecule has 0 spiro atoms. The molecule has 3 aromatic carbocycles. The minimum absolute atomic E-state index is 0.0186. The molecule has 3 rings (SSSR count). The Balaban J connectivity index is 1.91. The minimum atomic E-state index is -0.449. The van der Waals surface area contributed by atoms with Gasteiger partial charge in [-0.15, -0.1) is 0 Å². The standard InChI is InChI=1S/C22H18N2O2/c1-2-26-21-13-6-4-9-17(21)14-18(15-23)22(25)24-20-12-7-10-16-8-3-5-11-19(16)20/h3-14H,2H2,1H3,(H,24,25)/b18-14+. The molecule has 128 valence electrons. The fourth-order valence-electron chi connectivity index (χ4n) is 2.71. The Morgan fingerprint density at radius 3 is 2.62 bits per heavy atom. The molecule has 0 radical (unpaired) electrons. The second-order valence-electron chi connectivity index (χ2n) is 5.62. The van der Waals surface area contributed by atoms with Gasteiger partial charge in [0.25, 0.3) is 5.91 Å². The third-order valence-electron chi connectivity index (χ3n) is 3.92. The van der Waals surface area contributed by atoms with E-state index in [4.69, 9.17) is 4.74 Å². The molecule has 0 unspecified atom stereocenters. The third-order valence-corrected chi connectivity index (χ3v) is 3.92. The number of hydrogen-bond donors (Lipinski definition) is 1. The predicted octanol–water partition coefficient (Wildman–Crippen LogP) is 4.78. The van der Waals surface area contributed by atoms with E-state index < -0.39 is 5.91 Å². The highest BCUT2D eigenvalue weighted by Crippen LogP contribution is 2.25. The SMILES string of the molecule is CCOc1ccccc1/C=C(\C#N)C(=O)Nc1cccc2ccccc12. The molecular weight excluding hydrogens is 324 g/mol. The summed E-state index contributed by atoms with van der Waals surface area (Å²) < 4.78 is 5.55.